The molecule has 0 bridgehead atoms. The molecule has 0 N–H and O–H groups in total. The summed E-state index contributed by atoms with van der Waals surface area (Å²) < 4.78 is 10.2. The molecule has 1 aromatic carbocycles. The molecule has 5 heteroatoms. The lowest BCUT2D eigenvalue weighted by molar-refractivity contribution is -0.143. The number of methoxy groups -OCH3 is 1. The number of carbonyl (C=O) groups is 1. The molecule has 0 aromatic heterocycles. The quantitative estimate of drug-likeness (QED) is 0.778. The van der Waals surface area contributed by atoms with Crippen molar-refractivity contribution in [2.75, 3.05) is 49.8 Å². The Bertz CT molecular complexity index is 469. The predicted molar refractivity (Wildman–Crippen MR) is 77.2 cm³/mol. The molecule has 1 unspecified atom stereocenters. The monoisotopic (exact) mass is 276 g/mol. The average molecular weight is 276 g/mol. The van der Waals surface area contributed by atoms with Crippen molar-refractivity contribution in [2.45, 2.75) is 12.5 Å². The van der Waals surface area contributed by atoms with E-state index < -0.39 is 0 Å². The molecule has 2 aliphatic rings. The minimum Gasteiger partial charge on any atom is -0.467 e. The SMILES string of the molecule is COC(=O)C1CCN1c1ccc(N2CCOCC2)cc1. The Morgan fingerprint density at radius 3 is 2.35 bits per heavy atom. The fourth-order valence-corrected chi connectivity index (χ4v) is 2.75. The van der Waals surface area contributed by atoms with Gasteiger partial charge in [-0.05, 0) is 30.7 Å². The fraction of sp³-hybridized carbons (Fsp3) is 0.533. The maximum atomic E-state index is 11.6. The number of ether oxygens (including phenoxy) is 2. The molecular formula is C15H20N2O3. The molecule has 2 saturated heterocycles. The Hall–Kier alpha value is -1.75. The molecule has 3 rings (SSSR count). The van der Waals surface area contributed by atoms with Gasteiger partial charge in [0.2, 0.25) is 0 Å². The summed E-state index contributed by atoms with van der Waals surface area (Å²) in [6.07, 6.45) is 0.873. The first-order valence-electron chi connectivity index (χ1n) is 7.07. The zero-order valence-corrected chi connectivity index (χ0v) is 11.7. The summed E-state index contributed by atoms with van der Waals surface area (Å²) in [6, 6.07) is 8.29. The molecule has 1 aromatic rings. The lowest BCUT2D eigenvalue weighted by Gasteiger charge is -2.41. The molecule has 5 nitrogen and oxygen atoms in total. The van der Waals surface area contributed by atoms with Crippen LogP contribution in [0.2, 0.25) is 0 Å². The van der Waals surface area contributed by atoms with E-state index in [1.807, 2.05) is 0 Å². The number of hydrogen-bond acceptors (Lipinski definition) is 5. The van der Waals surface area contributed by atoms with E-state index in [9.17, 15) is 4.79 Å². The van der Waals surface area contributed by atoms with E-state index in [2.05, 4.69) is 34.1 Å². The normalized spacial score (nSPS) is 22.4. The molecule has 0 aliphatic carbocycles. The standard InChI is InChI=1S/C15H20N2O3/c1-19-15(18)14-6-7-17(14)13-4-2-12(3-5-13)16-8-10-20-11-9-16/h2-5,14H,6-11H2,1H3. The van der Waals surface area contributed by atoms with Crippen LogP contribution in [0.5, 0.6) is 0 Å². The van der Waals surface area contributed by atoms with Crippen LogP contribution < -0.4 is 9.80 Å². The van der Waals surface area contributed by atoms with Crippen LogP contribution in [0, 0.1) is 0 Å². The van der Waals surface area contributed by atoms with Gasteiger partial charge in [-0.1, -0.05) is 0 Å². The number of esters is 1. The van der Waals surface area contributed by atoms with Crippen molar-refractivity contribution < 1.29 is 14.3 Å². The summed E-state index contributed by atoms with van der Waals surface area (Å²) in [5.41, 5.74) is 2.30. The van der Waals surface area contributed by atoms with Crippen LogP contribution in [0.4, 0.5) is 11.4 Å². The maximum Gasteiger partial charge on any atom is 0.328 e. The summed E-state index contributed by atoms with van der Waals surface area (Å²) in [5.74, 6) is -0.145. The van der Waals surface area contributed by atoms with E-state index in [1.165, 1.54) is 12.8 Å². The number of rotatable bonds is 3. The van der Waals surface area contributed by atoms with Gasteiger partial charge in [0.25, 0.3) is 0 Å². The van der Waals surface area contributed by atoms with Crippen LogP contribution >= 0.6 is 0 Å². The third kappa shape index (κ3) is 2.45. The van der Waals surface area contributed by atoms with Gasteiger partial charge < -0.3 is 19.3 Å². The van der Waals surface area contributed by atoms with Crippen molar-refractivity contribution in [3.05, 3.63) is 24.3 Å². The minimum absolute atomic E-state index is 0.116. The van der Waals surface area contributed by atoms with Gasteiger partial charge in [0.05, 0.1) is 20.3 Å². The first kappa shape index (κ1) is 13.2. The van der Waals surface area contributed by atoms with E-state index in [4.69, 9.17) is 9.47 Å². The Labute approximate surface area is 119 Å². The summed E-state index contributed by atoms with van der Waals surface area (Å²) in [6.45, 7) is 4.37. The Kier molecular flexibility index (Phi) is 3.78. The number of benzene rings is 1. The third-order valence-corrected chi connectivity index (χ3v) is 4.05. The molecule has 108 valence electrons. The van der Waals surface area contributed by atoms with E-state index in [0.29, 0.717) is 0 Å². The highest BCUT2D eigenvalue weighted by Gasteiger charge is 2.35. The molecule has 20 heavy (non-hydrogen) atoms. The highest BCUT2D eigenvalue weighted by atomic mass is 16.5. The smallest absolute Gasteiger partial charge is 0.328 e. The minimum atomic E-state index is -0.145. The molecule has 2 fully saturated rings. The number of morpholine rings is 1. The molecule has 0 saturated carbocycles. The van der Waals surface area contributed by atoms with Crippen molar-refractivity contribution >= 4 is 17.3 Å². The topological polar surface area (TPSA) is 42.0 Å². The zero-order valence-electron chi connectivity index (χ0n) is 11.7. The highest BCUT2D eigenvalue weighted by molar-refractivity contribution is 5.82. The van der Waals surface area contributed by atoms with Gasteiger partial charge in [-0.2, -0.15) is 0 Å². The first-order valence-corrected chi connectivity index (χ1v) is 7.07. The third-order valence-electron chi connectivity index (χ3n) is 4.05. The van der Waals surface area contributed by atoms with Gasteiger partial charge in [-0.3, -0.25) is 0 Å². The van der Waals surface area contributed by atoms with Crippen molar-refractivity contribution in [1.82, 2.24) is 0 Å². The first-order chi connectivity index (χ1) is 9.79. The van der Waals surface area contributed by atoms with E-state index >= 15 is 0 Å². The molecule has 0 spiro atoms. The number of carbonyl (C=O) groups excluding carboxylic acids is 1. The maximum absolute atomic E-state index is 11.6. The summed E-state index contributed by atoms with van der Waals surface area (Å²) >= 11 is 0. The highest BCUT2D eigenvalue weighted by Crippen LogP contribution is 2.29. The molecule has 0 amide bonds. The van der Waals surface area contributed by atoms with Crippen LogP contribution in [0.25, 0.3) is 0 Å². The summed E-state index contributed by atoms with van der Waals surface area (Å²) in [4.78, 5) is 16.0. The molecular weight excluding hydrogens is 256 g/mol. The van der Waals surface area contributed by atoms with Crippen molar-refractivity contribution in [3.63, 3.8) is 0 Å². The van der Waals surface area contributed by atoms with Gasteiger partial charge >= 0.3 is 5.97 Å². The van der Waals surface area contributed by atoms with Gasteiger partial charge in [0.1, 0.15) is 6.04 Å². The largest absolute Gasteiger partial charge is 0.467 e. The van der Waals surface area contributed by atoms with Crippen LogP contribution in [-0.2, 0) is 14.3 Å². The van der Waals surface area contributed by atoms with Crippen LogP contribution in [-0.4, -0.2) is 52.0 Å². The Morgan fingerprint density at radius 2 is 1.80 bits per heavy atom. The second-order valence-corrected chi connectivity index (χ2v) is 5.14. The number of anilines is 2. The van der Waals surface area contributed by atoms with Crippen LogP contribution in [0.1, 0.15) is 6.42 Å². The Balaban J connectivity index is 1.68. The second kappa shape index (κ2) is 5.71. The van der Waals surface area contributed by atoms with E-state index in [1.54, 1.807) is 0 Å². The molecule has 0 radical (unpaired) electrons. The fourth-order valence-electron chi connectivity index (χ4n) is 2.75. The number of nitrogens with zero attached hydrogens (tertiary/aromatic N) is 2. The lowest BCUT2D eigenvalue weighted by Crippen LogP contribution is -2.53. The lowest BCUT2D eigenvalue weighted by atomic mass is 10.0. The van der Waals surface area contributed by atoms with Gasteiger partial charge in [0.15, 0.2) is 0 Å². The van der Waals surface area contributed by atoms with E-state index in [-0.39, 0.29) is 12.0 Å². The molecule has 1 atom stereocenters. The summed E-state index contributed by atoms with van der Waals surface area (Å²) in [5, 5.41) is 0. The van der Waals surface area contributed by atoms with Crippen LogP contribution in [0.3, 0.4) is 0 Å². The average Bonchev–Trinajstić information content (AvgIpc) is 2.47. The molecule has 2 heterocycles. The van der Waals surface area contributed by atoms with E-state index in [0.717, 1.165) is 45.0 Å². The van der Waals surface area contributed by atoms with Gasteiger partial charge in [-0.25, -0.2) is 4.79 Å². The van der Waals surface area contributed by atoms with Gasteiger partial charge in [0, 0.05) is 31.0 Å². The van der Waals surface area contributed by atoms with Crippen molar-refractivity contribution in [2.24, 2.45) is 0 Å². The zero-order chi connectivity index (χ0) is 13.9. The second-order valence-electron chi connectivity index (χ2n) is 5.14. The number of hydrogen-bond donors (Lipinski definition) is 0. The van der Waals surface area contributed by atoms with Crippen molar-refractivity contribution in [1.29, 1.82) is 0 Å². The van der Waals surface area contributed by atoms with Crippen molar-refractivity contribution in [3.8, 4) is 0 Å². The molecule has 2 aliphatic heterocycles. The Morgan fingerprint density at radius 1 is 1.15 bits per heavy atom. The van der Waals surface area contributed by atoms with Crippen LogP contribution in [0.15, 0.2) is 24.3 Å². The predicted octanol–water partition coefficient (Wildman–Crippen LogP) is 1.27. The summed E-state index contributed by atoms with van der Waals surface area (Å²) in [7, 11) is 1.44. The van der Waals surface area contributed by atoms with Gasteiger partial charge in [-0.15, -0.1) is 0 Å².